The van der Waals surface area contributed by atoms with Gasteiger partial charge in [0, 0.05) is 52.6 Å². The molecule has 146 valence electrons. The minimum Gasteiger partial charge on any atom is -0.385 e. The Bertz CT molecular complexity index is 796. The van der Waals surface area contributed by atoms with Gasteiger partial charge in [-0.25, -0.2) is 4.98 Å². The summed E-state index contributed by atoms with van der Waals surface area (Å²) in [6.45, 7) is 7.27. The quantitative estimate of drug-likeness (QED) is 0.729. The summed E-state index contributed by atoms with van der Waals surface area (Å²) in [6, 6.07) is 5.50. The van der Waals surface area contributed by atoms with Gasteiger partial charge in [0.1, 0.15) is 0 Å². The lowest BCUT2D eigenvalue weighted by Crippen LogP contribution is -2.48. The molecule has 2 aromatic rings. The van der Waals surface area contributed by atoms with Crippen LogP contribution >= 0.6 is 0 Å². The number of aromatic nitrogens is 2. The molecule has 1 N–H and O–H groups in total. The number of imidazole rings is 1. The van der Waals surface area contributed by atoms with E-state index in [1.165, 1.54) is 0 Å². The van der Waals surface area contributed by atoms with Crippen LogP contribution in [-0.4, -0.2) is 84.0 Å². The summed E-state index contributed by atoms with van der Waals surface area (Å²) in [4.78, 5) is 34.1. The van der Waals surface area contributed by atoms with Crippen LogP contribution in [0.2, 0.25) is 0 Å². The fraction of sp³-hybridized carbons (Fsp3) is 0.526. The van der Waals surface area contributed by atoms with Gasteiger partial charge in [-0.3, -0.25) is 14.0 Å². The Morgan fingerprint density at radius 2 is 2.00 bits per heavy atom. The molecule has 0 saturated carbocycles. The molecule has 1 fully saturated rings. The van der Waals surface area contributed by atoms with Crippen LogP contribution in [0.5, 0.6) is 0 Å². The highest BCUT2D eigenvalue weighted by atomic mass is 16.5. The Morgan fingerprint density at radius 3 is 2.70 bits per heavy atom. The molecule has 0 atom stereocenters. The fourth-order valence-electron chi connectivity index (χ4n) is 3.27. The first-order valence-electron chi connectivity index (χ1n) is 9.41. The standard InChI is InChI=1S/C19H27N5O3/c1-3-22-10-12-23(13-11-22)19(26)16-15-7-4-5-9-24(15)17(21-16)18(25)20-8-6-14-27-2/h4-5,7,9H,3,6,8,10-14H2,1-2H3,(H,20,25). The van der Waals surface area contributed by atoms with Gasteiger partial charge >= 0.3 is 0 Å². The Morgan fingerprint density at radius 1 is 1.22 bits per heavy atom. The molecule has 8 nitrogen and oxygen atoms in total. The van der Waals surface area contributed by atoms with Crippen molar-refractivity contribution < 1.29 is 14.3 Å². The smallest absolute Gasteiger partial charge is 0.287 e. The normalized spacial score (nSPS) is 15.3. The molecule has 2 amide bonds. The molecule has 3 rings (SSSR count). The molecule has 2 aromatic heterocycles. The van der Waals surface area contributed by atoms with Crippen LogP contribution in [0.3, 0.4) is 0 Å². The zero-order chi connectivity index (χ0) is 19.2. The number of nitrogens with one attached hydrogen (secondary N) is 1. The fourth-order valence-corrected chi connectivity index (χ4v) is 3.27. The number of fused-ring (bicyclic) bond motifs is 1. The average Bonchev–Trinajstić information content (AvgIpc) is 3.10. The van der Waals surface area contributed by atoms with Crippen molar-refractivity contribution in [3.05, 3.63) is 35.9 Å². The third-order valence-electron chi connectivity index (χ3n) is 4.87. The predicted molar refractivity (Wildman–Crippen MR) is 102 cm³/mol. The van der Waals surface area contributed by atoms with Crippen LogP contribution in [0.1, 0.15) is 34.5 Å². The van der Waals surface area contributed by atoms with Crippen molar-refractivity contribution in [1.82, 2.24) is 24.5 Å². The lowest BCUT2D eigenvalue weighted by molar-refractivity contribution is 0.0640. The first kappa shape index (κ1) is 19.3. The van der Waals surface area contributed by atoms with Gasteiger partial charge in [0.05, 0.1) is 5.52 Å². The number of amides is 2. The highest BCUT2D eigenvalue weighted by Gasteiger charge is 2.27. The minimum atomic E-state index is -0.290. The number of ether oxygens (including phenoxy) is 1. The van der Waals surface area contributed by atoms with Gasteiger partial charge in [0.25, 0.3) is 11.8 Å². The van der Waals surface area contributed by atoms with Crippen molar-refractivity contribution in [2.45, 2.75) is 13.3 Å². The zero-order valence-electron chi connectivity index (χ0n) is 16.0. The summed E-state index contributed by atoms with van der Waals surface area (Å²) in [5, 5.41) is 2.84. The molecular formula is C19H27N5O3. The number of piperazine rings is 1. The molecule has 0 radical (unpaired) electrons. The lowest BCUT2D eigenvalue weighted by Gasteiger charge is -2.33. The summed E-state index contributed by atoms with van der Waals surface area (Å²) < 4.78 is 6.67. The largest absolute Gasteiger partial charge is 0.385 e. The molecule has 1 aliphatic heterocycles. The number of nitrogens with zero attached hydrogens (tertiary/aromatic N) is 4. The van der Waals surface area contributed by atoms with Crippen LogP contribution in [0.4, 0.5) is 0 Å². The number of carbonyl (C=O) groups is 2. The van der Waals surface area contributed by atoms with Gasteiger partial charge in [-0.15, -0.1) is 0 Å². The molecular weight excluding hydrogens is 346 g/mol. The van der Waals surface area contributed by atoms with Crippen molar-refractivity contribution in [2.75, 3.05) is 53.0 Å². The van der Waals surface area contributed by atoms with Gasteiger partial charge in [-0.05, 0) is 25.1 Å². The van der Waals surface area contributed by atoms with Gasteiger partial charge in [-0.1, -0.05) is 13.0 Å². The molecule has 8 heteroatoms. The topological polar surface area (TPSA) is 79.2 Å². The first-order valence-corrected chi connectivity index (χ1v) is 9.41. The first-order chi connectivity index (χ1) is 13.2. The maximum Gasteiger partial charge on any atom is 0.287 e. The van der Waals surface area contributed by atoms with Crippen LogP contribution in [0.25, 0.3) is 5.52 Å². The van der Waals surface area contributed by atoms with Crippen molar-refractivity contribution >= 4 is 17.3 Å². The summed E-state index contributed by atoms with van der Waals surface area (Å²) in [7, 11) is 1.63. The van der Waals surface area contributed by atoms with Crippen molar-refractivity contribution in [3.8, 4) is 0 Å². The summed E-state index contributed by atoms with van der Waals surface area (Å²) in [5.74, 6) is -0.173. The molecule has 1 aliphatic rings. The third-order valence-corrected chi connectivity index (χ3v) is 4.87. The Balaban J connectivity index is 1.80. The monoisotopic (exact) mass is 373 g/mol. The third kappa shape index (κ3) is 4.28. The Labute approximate surface area is 159 Å². The van der Waals surface area contributed by atoms with Crippen LogP contribution in [0, 0.1) is 0 Å². The van der Waals surface area contributed by atoms with Crippen LogP contribution in [0.15, 0.2) is 24.4 Å². The SMILES string of the molecule is CCN1CCN(C(=O)c2nc(C(=O)NCCCOC)n3ccccc23)CC1. The van der Waals surface area contributed by atoms with E-state index in [2.05, 4.69) is 22.1 Å². The van der Waals surface area contributed by atoms with Crippen LogP contribution < -0.4 is 5.32 Å². The molecule has 0 spiro atoms. The predicted octanol–water partition coefficient (Wildman–Crippen LogP) is 0.878. The number of likely N-dealkylation sites (N-methyl/N-ethyl adjacent to an activating group) is 1. The maximum atomic E-state index is 13.0. The second-order valence-electron chi connectivity index (χ2n) is 6.57. The zero-order valence-corrected chi connectivity index (χ0v) is 16.0. The maximum absolute atomic E-state index is 13.0. The van der Waals surface area contributed by atoms with E-state index >= 15 is 0 Å². The van der Waals surface area contributed by atoms with Gasteiger partial charge < -0.3 is 19.9 Å². The number of rotatable bonds is 7. The van der Waals surface area contributed by atoms with Gasteiger partial charge in [0.15, 0.2) is 5.69 Å². The number of carbonyl (C=O) groups excluding carboxylic acids is 2. The van der Waals surface area contributed by atoms with E-state index in [-0.39, 0.29) is 17.6 Å². The second kappa shape index (κ2) is 8.96. The van der Waals surface area contributed by atoms with Crippen molar-refractivity contribution in [1.29, 1.82) is 0 Å². The number of hydrogen-bond donors (Lipinski definition) is 1. The Kier molecular flexibility index (Phi) is 6.41. The minimum absolute atomic E-state index is 0.118. The van der Waals surface area contributed by atoms with E-state index in [0.717, 1.165) is 26.1 Å². The molecule has 3 heterocycles. The van der Waals surface area contributed by atoms with E-state index in [1.807, 2.05) is 23.1 Å². The summed E-state index contributed by atoms with van der Waals surface area (Å²) >= 11 is 0. The Hall–Kier alpha value is -2.45. The molecule has 0 aliphatic carbocycles. The molecule has 27 heavy (non-hydrogen) atoms. The van der Waals surface area contributed by atoms with Gasteiger partial charge in [-0.2, -0.15) is 0 Å². The second-order valence-corrected chi connectivity index (χ2v) is 6.57. The molecule has 0 bridgehead atoms. The number of hydrogen-bond acceptors (Lipinski definition) is 5. The number of pyridine rings is 1. The number of methoxy groups -OCH3 is 1. The van der Waals surface area contributed by atoms with E-state index in [4.69, 9.17) is 4.74 Å². The van der Waals surface area contributed by atoms with E-state index < -0.39 is 0 Å². The van der Waals surface area contributed by atoms with Gasteiger partial charge in [0.2, 0.25) is 5.82 Å². The van der Waals surface area contributed by atoms with Crippen LogP contribution in [-0.2, 0) is 4.74 Å². The van der Waals surface area contributed by atoms with E-state index in [1.54, 1.807) is 17.7 Å². The van der Waals surface area contributed by atoms with Crippen molar-refractivity contribution in [2.24, 2.45) is 0 Å². The van der Waals surface area contributed by atoms with Crippen molar-refractivity contribution in [3.63, 3.8) is 0 Å². The summed E-state index contributed by atoms with van der Waals surface area (Å²) in [5.41, 5.74) is 0.991. The molecule has 0 unspecified atom stereocenters. The highest BCUT2D eigenvalue weighted by molar-refractivity contribution is 6.02. The highest BCUT2D eigenvalue weighted by Crippen LogP contribution is 2.16. The van der Waals surface area contributed by atoms with E-state index in [9.17, 15) is 9.59 Å². The molecule has 0 aromatic carbocycles. The van der Waals surface area contributed by atoms with E-state index in [0.29, 0.717) is 37.5 Å². The molecule has 1 saturated heterocycles. The summed E-state index contributed by atoms with van der Waals surface area (Å²) in [6.07, 6.45) is 2.48. The lowest BCUT2D eigenvalue weighted by atomic mass is 10.2. The average molecular weight is 373 g/mol.